The largest absolute Gasteiger partial charge is 0.352 e. The fourth-order valence-corrected chi connectivity index (χ4v) is 4.51. The molecule has 28 heavy (non-hydrogen) atoms. The van der Waals surface area contributed by atoms with Gasteiger partial charge in [0.1, 0.15) is 5.03 Å². The van der Waals surface area contributed by atoms with Gasteiger partial charge in [-0.3, -0.25) is 9.59 Å². The summed E-state index contributed by atoms with van der Waals surface area (Å²) in [5.74, 6) is 0.682. The summed E-state index contributed by atoms with van der Waals surface area (Å²) in [6.07, 6.45) is 6.01. The molecular formula is C19H30Cl2N4O2S. The summed E-state index contributed by atoms with van der Waals surface area (Å²) in [6, 6.07) is 3.56. The van der Waals surface area contributed by atoms with E-state index in [9.17, 15) is 9.59 Å². The van der Waals surface area contributed by atoms with E-state index in [1.165, 1.54) is 18.2 Å². The van der Waals surface area contributed by atoms with Crippen molar-refractivity contribution in [3.8, 4) is 0 Å². The van der Waals surface area contributed by atoms with Gasteiger partial charge in [0.05, 0.1) is 10.8 Å². The van der Waals surface area contributed by atoms with Crippen molar-refractivity contribution in [2.75, 3.05) is 32.7 Å². The van der Waals surface area contributed by atoms with Gasteiger partial charge in [-0.05, 0) is 63.7 Å². The Kier molecular flexibility index (Phi) is 11.2. The molecule has 1 aromatic heterocycles. The highest BCUT2D eigenvalue weighted by molar-refractivity contribution is 8.00. The first kappa shape index (κ1) is 25.0. The van der Waals surface area contributed by atoms with Crippen molar-refractivity contribution in [1.82, 2.24) is 20.5 Å². The van der Waals surface area contributed by atoms with Gasteiger partial charge in [-0.1, -0.05) is 11.8 Å². The number of nitrogens with one attached hydrogen (secondary N) is 2. The van der Waals surface area contributed by atoms with Crippen molar-refractivity contribution >= 4 is 48.4 Å². The molecule has 2 aliphatic rings. The number of nitrogens with zero attached hydrogens (tertiary/aromatic N) is 2. The number of carbonyl (C=O) groups excluding carboxylic acids is 2. The molecule has 2 aliphatic heterocycles. The quantitative estimate of drug-likeness (QED) is 0.627. The third-order valence-corrected chi connectivity index (χ3v) is 6.17. The third kappa shape index (κ3) is 6.79. The van der Waals surface area contributed by atoms with E-state index in [1.807, 2.05) is 11.8 Å². The molecule has 0 spiro atoms. The van der Waals surface area contributed by atoms with Crippen molar-refractivity contribution < 1.29 is 9.59 Å². The summed E-state index contributed by atoms with van der Waals surface area (Å²) in [5.41, 5.74) is 0.558. The number of amides is 2. The molecule has 0 aliphatic carbocycles. The number of hydrogen-bond acceptors (Lipinski definition) is 5. The van der Waals surface area contributed by atoms with Crippen molar-refractivity contribution in [3.05, 3.63) is 23.9 Å². The highest BCUT2D eigenvalue weighted by Crippen LogP contribution is 2.27. The number of thioether (sulfide) groups is 1. The molecule has 9 heteroatoms. The van der Waals surface area contributed by atoms with Crippen molar-refractivity contribution in [3.63, 3.8) is 0 Å². The van der Waals surface area contributed by atoms with Crippen LogP contribution in [0, 0.1) is 5.92 Å². The molecule has 2 atom stereocenters. The molecule has 3 heterocycles. The van der Waals surface area contributed by atoms with E-state index in [0.29, 0.717) is 23.1 Å². The number of rotatable bonds is 7. The van der Waals surface area contributed by atoms with Gasteiger partial charge in [-0.25, -0.2) is 4.98 Å². The fraction of sp³-hybridized carbons (Fsp3) is 0.632. The predicted octanol–water partition coefficient (Wildman–Crippen LogP) is 2.76. The van der Waals surface area contributed by atoms with Crippen LogP contribution < -0.4 is 10.6 Å². The smallest absolute Gasteiger partial charge is 0.254 e. The lowest BCUT2D eigenvalue weighted by atomic mass is 10.1. The SMILES string of the molecule is CC(Sc1ncccc1C(=O)NCCC1CCNC1)C(=O)N1CCCC1.Cl.Cl. The molecule has 0 radical (unpaired) electrons. The van der Waals surface area contributed by atoms with Gasteiger partial charge in [0.25, 0.3) is 5.91 Å². The minimum atomic E-state index is -0.237. The second-order valence-corrected chi connectivity index (χ2v) is 8.38. The van der Waals surface area contributed by atoms with Crippen molar-refractivity contribution in [2.24, 2.45) is 5.92 Å². The molecule has 3 rings (SSSR count). The molecule has 2 saturated heterocycles. The Morgan fingerprint density at radius 1 is 1.36 bits per heavy atom. The van der Waals surface area contributed by atoms with Crippen molar-refractivity contribution in [1.29, 1.82) is 0 Å². The van der Waals surface area contributed by atoms with Gasteiger partial charge < -0.3 is 15.5 Å². The van der Waals surface area contributed by atoms with Crippen LogP contribution >= 0.6 is 36.6 Å². The molecule has 2 amide bonds. The van der Waals surface area contributed by atoms with Crippen LogP contribution in [0.15, 0.2) is 23.4 Å². The van der Waals surface area contributed by atoms with Gasteiger partial charge in [0.15, 0.2) is 0 Å². The van der Waals surface area contributed by atoms with E-state index in [2.05, 4.69) is 15.6 Å². The molecule has 1 aromatic rings. The normalized spacial score (nSPS) is 19.5. The molecule has 0 saturated carbocycles. The highest BCUT2D eigenvalue weighted by Gasteiger charge is 2.26. The summed E-state index contributed by atoms with van der Waals surface area (Å²) in [7, 11) is 0. The lowest BCUT2D eigenvalue weighted by molar-refractivity contribution is -0.129. The van der Waals surface area contributed by atoms with Gasteiger partial charge in [-0.15, -0.1) is 24.8 Å². The van der Waals surface area contributed by atoms with Crippen LogP contribution in [0.3, 0.4) is 0 Å². The number of hydrogen-bond donors (Lipinski definition) is 2. The first-order valence-electron chi connectivity index (χ1n) is 9.54. The van der Waals surface area contributed by atoms with E-state index < -0.39 is 0 Å². The summed E-state index contributed by atoms with van der Waals surface area (Å²) < 4.78 is 0. The van der Waals surface area contributed by atoms with E-state index in [4.69, 9.17) is 0 Å². The topological polar surface area (TPSA) is 74.3 Å². The van der Waals surface area contributed by atoms with Gasteiger partial charge >= 0.3 is 0 Å². The summed E-state index contributed by atoms with van der Waals surface area (Å²) in [6.45, 7) is 6.37. The lowest BCUT2D eigenvalue weighted by Gasteiger charge is -2.20. The van der Waals surface area contributed by atoms with E-state index in [1.54, 1.807) is 18.3 Å². The summed E-state index contributed by atoms with van der Waals surface area (Å²) in [4.78, 5) is 31.4. The molecule has 0 aromatic carbocycles. The highest BCUT2D eigenvalue weighted by atomic mass is 35.5. The minimum Gasteiger partial charge on any atom is -0.352 e. The van der Waals surface area contributed by atoms with Crippen LogP contribution in [0.1, 0.15) is 43.0 Å². The monoisotopic (exact) mass is 448 g/mol. The Morgan fingerprint density at radius 3 is 2.79 bits per heavy atom. The molecule has 0 bridgehead atoms. The summed E-state index contributed by atoms with van der Waals surface area (Å²) >= 11 is 1.38. The second-order valence-electron chi connectivity index (χ2n) is 7.05. The maximum absolute atomic E-state index is 12.6. The predicted molar refractivity (Wildman–Crippen MR) is 118 cm³/mol. The Bertz CT molecular complexity index is 638. The molecule has 6 nitrogen and oxygen atoms in total. The number of aromatic nitrogens is 1. The zero-order chi connectivity index (χ0) is 18.4. The first-order chi connectivity index (χ1) is 12.6. The number of halogens is 2. The zero-order valence-electron chi connectivity index (χ0n) is 16.2. The Morgan fingerprint density at radius 2 is 2.11 bits per heavy atom. The second kappa shape index (κ2) is 12.5. The van der Waals surface area contributed by atoms with Crippen LogP contribution in [-0.4, -0.2) is 59.7 Å². The molecular weight excluding hydrogens is 419 g/mol. The maximum atomic E-state index is 12.6. The van der Waals surface area contributed by atoms with Gasteiger partial charge in [-0.2, -0.15) is 0 Å². The average molecular weight is 449 g/mol. The Hall–Kier alpha value is -1.02. The molecule has 158 valence electrons. The van der Waals surface area contributed by atoms with Crippen LogP contribution in [0.5, 0.6) is 0 Å². The van der Waals surface area contributed by atoms with Crippen LogP contribution in [0.25, 0.3) is 0 Å². The number of pyridine rings is 1. The van der Waals surface area contributed by atoms with E-state index >= 15 is 0 Å². The van der Waals surface area contributed by atoms with Gasteiger partial charge in [0.2, 0.25) is 5.91 Å². The maximum Gasteiger partial charge on any atom is 0.254 e. The molecule has 2 unspecified atom stereocenters. The number of carbonyl (C=O) groups is 2. The van der Waals surface area contributed by atoms with Crippen LogP contribution in [0.2, 0.25) is 0 Å². The third-order valence-electron chi connectivity index (χ3n) is 5.07. The first-order valence-corrected chi connectivity index (χ1v) is 10.4. The summed E-state index contributed by atoms with van der Waals surface area (Å²) in [5, 5.41) is 6.75. The zero-order valence-corrected chi connectivity index (χ0v) is 18.6. The Balaban J connectivity index is 0.00000196. The lowest BCUT2D eigenvalue weighted by Crippen LogP contribution is -2.34. The molecule has 2 N–H and O–H groups in total. The number of likely N-dealkylation sites (tertiary alicyclic amines) is 1. The van der Waals surface area contributed by atoms with E-state index in [-0.39, 0.29) is 41.9 Å². The standard InChI is InChI=1S/C19H28N4O2S.2ClH/c1-14(19(25)23-11-2-3-12-23)26-18-16(5-4-8-22-18)17(24)21-10-7-15-6-9-20-13-15;;/h4-5,8,14-15,20H,2-3,6-7,9-13H2,1H3,(H,21,24);2*1H. The fourth-order valence-electron chi connectivity index (χ4n) is 3.52. The van der Waals surface area contributed by atoms with Crippen LogP contribution in [-0.2, 0) is 4.79 Å². The van der Waals surface area contributed by atoms with Gasteiger partial charge in [0, 0.05) is 25.8 Å². The average Bonchev–Trinajstić information content (AvgIpc) is 3.35. The van der Waals surface area contributed by atoms with Crippen LogP contribution in [0.4, 0.5) is 0 Å². The van der Waals surface area contributed by atoms with Crippen molar-refractivity contribution in [2.45, 2.75) is 42.9 Å². The minimum absolute atomic E-state index is 0. The molecule has 2 fully saturated rings. The van der Waals surface area contributed by atoms with E-state index in [0.717, 1.165) is 45.4 Å². The Labute approximate surface area is 183 Å².